The van der Waals surface area contributed by atoms with Crippen molar-refractivity contribution in [3.63, 3.8) is 0 Å². The maximum absolute atomic E-state index is 12.7. The molecule has 102 valence electrons. The third-order valence-electron chi connectivity index (χ3n) is 3.18. The maximum atomic E-state index is 12.7. The minimum absolute atomic E-state index is 0.0849. The van der Waals surface area contributed by atoms with Gasteiger partial charge in [-0.05, 0) is 36.4 Å². The zero-order chi connectivity index (χ0) is 15.0. The summed E-state index contributed by atoms with van der Waals surface area (Å²) in [6, 6.07) is 12.8. The fourth-order valence-electron chi connectivity index (χ4n) is 2.22. The molecule has 0 aliphatic carbocycles. The number of hydrogen-bond acceptors (Lipinski definition) is 2. The molecular weight excluding hydrogens is 396 g/mol. The molecule has 0 aliphatic heterocycles. The Morgan fingerprint density at radius 2 is 1.81 bits per heavy atom. The first-order valence-corrected chi connectivity index (χ1v) is 7.69. The lowest BCUT2D eigenvalue weighted by Gasteiger charge is -2.02. The van der Waals surface area contributed by atoms with Crippen molar-refractivity contribution in [1.82, 2.24) is 4.98 Å². The zero-order valence-corrected chi connectivity index (χ0v) is 13.8. The van der Waals surface area contributed by atoms with Crippen LogP contribution in [0.5, 0.6) is 0 Å². The van der Waals surface area contributed by atoms with E-state index < -0.39 is 0 Å². The normalized spacial score (nSPS) is 10.5. The van der Waals surface area contributed by atoms with Crippen molar-refractivity contribution in [2.45, 2.75) is 0 Å². The number of aromatic amines is 1. The van der Waals surface area contributed by atoms with Crippen LogP contribution in [0.25, 0.3) is 10.9 Å². The highest BCUT2D eigenvalue weighted by atomic mass is 79.9. The lowest BCUT2D eigenvalue weighted by molar-refractivity contribution is 0.104. The lowest BCUT2D eigenvalue weighted by atomic mass is 10.0. The lowest BCUT2D eigenvalue weighted by Crippen LogP contribution is -2.00. The average Bonchev–Trinajstić information content (AvgIpc) is 2.88. The molecule has 0 aliphatic rings. The van der Waals surface area contributed by atoms with Crippen LogP contribution in [0.2, 0.25) is 0 Å². The molecule has 0 spiro atoms. The van der Waals surface area contributed by atoms with Crippen LogP contribution in [0.4, 0.5) is 0 Å². The molecule has 1 heterocycles. The van der Waals surface area contributed by atoms with Gasteiger partial charge in [0.15, 0.2) is 5.78 Å². The molecule has 0 saturated carbocycles. The molecule has 0 unspecified atom stereocenters. The fraction of sp³-hybridized carbons (Fsp3) is 0. The minimum Gasteiger partial charge on any atom is -0.360 e. The second-order valence-corrected chi connectivity index (χ2v) is 6.39. The van der Waals surface area contributed by atoms with E-state index in [-0.39, 0.29) is 5.78 Å². The molecule has 1 aromatic heterocycles. The molecule has 0 fully saturated rings. The van der Waals surface area contributed by atoms with Crippen molar-refractivity contribution in [3.8, 4) is 6.07 Å². The molecule has 21 heavy (non-hydrogen) atoms. The molecule has 0 bridgehead atoms. The summed E-state index contributed by atoms with van der Waals surface area (Å²) in [5.41, 5.74) is 2.52. The highest BCUT2D eigenvalue weighted by molar-refractivity contribution is 9.11. The zero-order valence-electron chi connectivity index (χ0n) is 10.7. The molecular formula is C16H8Br2N2O. The minimum atomic E-state index is -0.0849. The second kappa shape index (κ2) is 5.47. The number of hydrogen-bond donors (Lipinski definition) is 1. The first-order chi connectivity index (χ1) is 10.1. The van der Waals surface area contributed by atoms with Gasteiger partial charge in [0, 0.05) is 37.2 Å². The summed E-state index contributed by atoms with van der Waals surface area (Å²) in [6.07, 6.45) is 1.68. The third kappa shape index (κ3) is 2.65. The van der Waals surface area contributed by atoms with Crippen molar-refractivity contribution in [2.24, 2.45) is 0 Å². The molecule has 3 rings (SSSR count). The number of carbonyl (C=O) groups is 1. The van der Waals surface area contributed by atoms with E-state index in [0.717, 1.165) is 19.8 Å². The Balaban J connectivity index is 2.15. The summed E-state index contributed by atoms with van der Waals surface area (Å²) in [5, 5.41) is 9.76. The topological polar surface area (TPSA) is 56.6 Å². The van der Waals surface area contributed by atoms with Crippen LogP contribution in [-0.2, 0) is 0 Å². The molecule has 0 amide bonds. The van der Waals surface area contributed by atoms with Crippen LogP contribution in [0.3, 0.4) is 0 Å². The Bertz CT molecular complexity index is 886. The monoisotopic (exact) mass is 402 g/mol. The quantitative estimate of drug-likeness (QED) is 0.625. The molecule has 2 aromatic carbocycles. The van der Waals surface area contributed by atoms with Crippen molar-refractivity contribution in [3.05, 3.63) is 68.2 Å². The van der Waals surface area contributed by atoms with E-state index in [1.54, 1.807) is 30.5 Å². The van der Waals surface area contributed by atoms with Gasteiger partial charge in [0.2, 0.25) is 0 Å². The summed E-state index contributed by atoms with van der Waals surface area (Å²) >= 11 is 6.77. The Hall–Kier alpha value is -1.90. The molecule has 0 radical (unpaired) electrons. The number of nitrogens with zero attached hydrogens (tertiary/aromatic N) is 1. The Morgan fingerprint density at radius 1 is 1.10 bits per heavy atom. The number of halogens is 2. The molecule has 3 aromatic rings. The maximum Gasteiger partial charge on any atom is 0.195 e. The van der Waals surface area contributed by atoms with Gasteiger partial charge in [-0.25, -0.2) is 0 Å². The van der Waals surface area contributed by atoms with Gasteiger partial charge in [0.1, 0.15) is 0 Å². The Labute approximate surface area is 137 Å². The van der Waals surface area contributed by atoms with Gasteiger partial charge in [0.05, 0.1) is 11.6 Å². The van der Waals surface area contributed by atoms with Gasteiger partial charge in [0.25, 0.3) is 0 Å². The van der Waals surface area contributed by atoms with Gasteiger partial charge in [-0.15, -0.1) is 0 Å². The van der Waals surface area contributed by atoms with Gasteiger partial charge in [-0.3, -0.25) is 4.79 Å². The van der Waals surface area contributed by atoms with Gasteiger partial charge in [-0.2, -0.15) is 5.26 Å². The first-order valence-electron chi connectivity index (χ1n) is 6.10. The van der Waals surface area contributed by atoms with Gasteiger partial charge < -0.3 is 4.98 Å². The second-order valence-electron chi connectivity index (χ2n) is 4.56. The molecule has 5 heteroatoms. The van der Waals surface area contributed by atoms with Crippen LogP contribution >= 0.6 is 31.9 Å². The van der Waals surface area contributed by atoms with Crippen LogP contribution < -0.4 is 0 Å². The van der Waals surface area contributed by atoms with Crippen LogP contribution in [-0.4, -0.2) is 10.8 Å². The summed E-state index contributed by atoms with van der Waals surface area (Å²) in [5.74, 6) is -0.0849. The van der Waals surface area contributed by atoms with Crippen LogP contribution in [0, 0.1) is 11.3 Å². The predicted molar refractivity (Wildman–Crippen MR) is 88.3 cm³/mol. The predicted octanol–water partition coefficient (Wildman–Crippen LogP) is 4.80. The first kappa shape index (κ1) is 14.1. The summed E-state index contributed by atoms with van der Waals surface area (Å²) < 4.78 is 1.66. The van der Waals surface area contributed by atoms with Crippen LogP contribution in [0.1, 0.15) is 21.5 Å². The van der Waals surface area contributed by atoms with Gasteiger partial charge in [-0.1, -0.05) is 31.9 Å². The van der Waals surface area contributed by atoms with E-state index in [4.69, 9.17) is 5.26 Å². The van der Waals surface area contributed by atoms with E-state index in [0.29, 0.717) is 16.7 Å². The Kier molecular flexibility index (Phi) is 3.66. The van der Waals surface area contributed by atoms with Crippen molar-refractivity contribution in [1.29, 1.82) is 5.26 Å². The number of benzene rings is 2. The van der Waals surface area contributed by atoms with E-state index in [9.17, 15) is 4.79 Å². The number of rotatable bonds is 2. The van der Waals surface area contributed by atoms with Crippen molar-refractivity contribution < 1.29 is 4.79 Å². The molecule has 1 N–H and O–H groups in total. The number of fused-ring (bicyclic) bond motifs is 1. The third-order valence-corrected chi connectivity index (χ3v) is 4.10. The number of ketones is 1. The largest absolute Gasteiger partial charge is 0.360 e. The van der Waals surface area contributed by atoms with Crippen molar-refractivity contribution in [2.75, 3.05) is 0 Å². The molecule has 0 atom stereocenters. The Morgan fingerprint density at radius 3 is 2.48 bits per heavy atom. The highest BCUT2D eigenvalue weighted by Gasteiger charge is 2.15. The van der Waals surface area contributed by atoms with E-state index in [2.05, 4.69) is 42.9 Å². The number of aromatic nitrogens is 1. The van der Waals surface area contributed by atoms with Gasteiger partial charge >= 0.3 is 0 Å². The smallest absolute Gasteiger partial charge is 0.195 e. The van der Waals surface area contributed by atoms with E-state index in [1.165, 1.54) is 0 Å². The number of H-pyrrole nitrogens is 1. The number of nitrogens with one attached hydrogen (secondary N) is 1. The summed E-state index contributed by atoms with van der Waals surface area (Å²) in [4.78, 5) is 15.7. The standard InChI is InChI=1S/C16H8Br2N2O/c17-11-4-10(5-12(18)6-11)16(21)14-8-20-15-2-1-9(7-19)3-13(14)15/h1-6,8,20H. The number of nitriles is 1. The number of carbonyl (C=O) groups excluding carboxylic acids is 1. The summed E-state index contributed by atoms with van der Waals surface area (Å²) in [6.45, 7) is 0. The average molecular weight is 404 g/mol. The fourth-order valence-corrected chi connectivity index (χ4v) is 3.51. The molecule has 0 saturated heterocycles. The summed E-state index contributed by atoms with van der Waals surface area (Å²) in [7, 11) is 0. The van der Waals surface area contributed by atoms with Crippen molar-refractivity contribution >= 4 is 48.5 Å². The van der Waals surface area contributed by atoms with E-state index in [1.807, 2.05) is 12.1 Å². The van der Waals surface area contributed by atoms with Crippen LogP contribution in [0.15, 0.2) is 51.5 Å². The van der Waals surface area contributed by atoms with E-state index >= 15 is 0 Å². The highest BCUT2D eigenvalue weighted by Crippen LogP contribution is 2.26. The molecule has 3 nitrogen and oxygen atoms in total. The SMILES string of the molecule is N#Cc1ccc2[nH]cc(C(=O)c3cc(Br)cc(Br)c3)c2c1.